The number of sulfonamides is 1. The summed E-state index contributed by atoms with van der Waals surface area (Å²) in [5, 5.41) is 8.83. The summed E-state index contributed by atoms with van der Waals surface area (Å²) in [4.78, 5) is 10.7. The van der Waals surface area contributed by atoms with Crippen molar-refractivity contribution in [3.63, 3.8) is 0 Å². The Labute approximate surface area is 123 Å². The lowest BCUT2D eigenvalue weighted by Crippen LogP contribution is -2.40. The van der Waals surface area contributed by atoms with Crippen molar-refractivity contribution in [3.8, 4) is 0 Å². The van der Waals surface area contributed by atoms with E-state index >= 15 is 0 Å². The van der Waals surface area contributed by atoms with Crippen LogP contribution in [0.1, 0.15) is 24.8 Å². The molecule has 5 nitrogen and oxygen atoms in total. The van der Waals surface area contributed by atoms with Gasteiger partial charge in [0.2, 0.25) is 10.0 Å². The summed E-state index contributed by atoms with van der Waals surface area (Å²) in [6.45, 7) is 2.13. The second-order valence-corrected chi connectivity index (χ2v) is 7.29. The normalized spacial score (nSPS) is 20.4. The molecule has 1 fully saturated rings. The van der Waals surface area contributed by atoms with Gasteiger partial charge in [-0.1, -0.05) is 6.07 Å². The van der Waals surface area contributed by atoms with Crippen LogP contribution in [0.3, 0.4) is 0 Å². The Balaban J connectivity index is 2.26. The number of carboxylic acid groups (broad SMARTS) is 1. The highest BCUT2D eigenvalue weighted by Crippen LogP contribution is 2.27. The van der Waals surface area contributed by atoms with Gasteiger partial charge in [-0.3, -0.25) is 4.79 Å². The summed E-state index contributed by atoms with van der Waals surface area (Å²) < 4.78 is 39.8. The van der Waals surface area contributed by atoms with Gasteiger partial charge >= 0.3 is 5.97 Å². The number of carboxylic acids is 1. The minimum atomic E-state index is -3.78. The summed E-state index contributed by atoms with van der Waals surface area (Å²) in [7, 11) is -3.78. The molecule has 0 spiro atoms. The lowest BCUT2D eigenvalue weighted by atomic mass is 9.96. The Morgan fingerprint density at radius 2 is 2.19 bits per heavy atom. The van der Waals surface area contributed by atoms with Gasteiger partial charge in [0.05, 0.1) is 4.90 Å². The number of aliphatic carboxylic acids is 1. The van der Waals surface area contributed by atoms with E-state index in [9.17, 15) is 17.6 Å². The first-order valence-electron chi connectivity index (χ1n) is 6.79. The van der Waals surface area contributed by atoms with Gasteiger partial charge in [0.15, 0.2) is 0 Å². The van der Waals surface area contributed by atoms with Crippen molar-refractivity contribution in [2.45, 2.75) is 31.1 Å². The zero-order chi connectivity index (χ0) is 15.6. The van der Waals surface area contributed by atoms with E-state index < -0.39 is 21.8 Å². The maximum Gasteiger partial charge on any atom is 0.303 e. The van der Waals surface area contributed by atoms with Crippen molar-refractivity contribution in [2.75, 3.05) is 13.1 Å². The Hall–Kier alpha value is -1.47. The molecule has 1 unspecified atom stereocenters. The topological polar surface area (TPSA) is 74.7 Å². The highest BCUT2D eigenvalue weighted by molar-refractivity contribution is 7.89. The lowest BCUT2D eigenvalue weighted by Gasteiger charge is -2.31. The number of nitrogens with zero attached hydrogens (tertiary/aromatic N) is 1. The molecule has 0 amide bonds. The van der Waals surface area contributed by atoms with Crippen molar-refractivity contribution in [1.29, 1.82) is 0 Å². The van der Waals surface area contributed by atoms with Crippen LogP contribution in [0.5, 0.6) is 0 Å². The van der Waals surface area contributed by atoms with E-state index in [2.05, 4.69) is 0 Å². The molecule has 116 valence electrons. The van der Waals surface area contributed by atoms with Gasteiger partial charge in [0.1, 0.15) is 5.82 Å². The summed E-state index contributed by atoms with van der Waals surface area (Å²) in [6, 6.07) is 3.67. The van der Waals surface area contributed by atoms with Crippen molar-refractivity contribution < 1.29 is 22.7 Å². The molecule has 0 bridgehead atoms. The van der Waals surface area contributed by atoms with Crippen LogP contribution in [0.4, 0.5) is 4.39 Å². The average molecular weight is 315 g/mol. The Morgan fingerprint density at radius 1 is 1.48 bits per heavy atom. The fourth-order valence-corrected chi connectivity index (χ4v) is 4.44. The Morgan fingerprint density at radius 3 is 2.86 bits per heavy atom. The predicted octanol–water partition coefficient (Wildman–Crippen LogP) is 2.01. The monoisotopic (exact) mass is 315 g/mol. The SMILES string of the molecule is Cc1ccc(F)cc1S(=O)(=O)N1CCCC(CC(=O)O)C1. The predicted molar refractivity (Wildman–Crippen MR) is 74.9 cm³/mol. The van der Waals surface area contributed by atoms with Gasteiger partial charge in [-0.2, -0.15) is 4.31 Å². The van der Waals surface area contributed by atoms with Crippen LogP contribution in [0.25, 0.3) is 0 Å². The number of hydrogen-bond donors (Lipinski definition) is 1. The van der Waals surface area contributed by atoms with Gasteiger partial charge in [-0.25, -0.2) is 12.8 Å². The van der Waals surface area contributed by atoms with Crippen LogP contribution in [0, 0.1) is 18.7 Å². The molecular formula is C14H18FNO4S. The van der Waals surface area contributed by atoms with Gasteiger partial charge < -0.3 is 5.11 Å². The van der Waals surface area contributed by atoms with Crippen molar-refractivity contribution >= 4 is 16.0 Å². The highest BCUT2D eigenvalue weighted by atomic mass is 32.2. The number of carbonyl (C=O) groups is 1. The average Bonchev–Trinajstić information content (AvgIpc) is 2.41. The molecule has 21 heavy (non-hydrogen) atoms. The first-order valence-corrected chi connectivity index (χ1v) is 8.23. The molecule has 1 aliphatic rings. The van der Waals surface area contributed by atoms with Gasteiger partial charge in [-0.15, -0.1) is 0 Å². The summed E-state index contributed by atoms with van der Waals surface area (Å²) in [6.07, 6.45) is 1.26. The molecular weight excluding hydrogens is 297 g/mol. The third-order valence-corrected chi connectivity index (χ3v) is 5.72. The van der Waals surface area contributed by atoms with Gasteiger partial charge in [0.25, 0.3) is 0 Å². The number of benzene rings is 1. The maximum absolute atomic E-state index is 13.3. The van der Waals surface area contributed by atoms with Crippen molar-refractivity contribution in [3.05, 3.63) is 29.6 Å². The van der Waals surface area contributed by atoms with Crippen LogP contribution < -0.4 is 0 Å². The van der Waals surface area contributed by atoms with Gasteiger partial charge in [0, 0.05) is 19.5 Å². The number of aryl methyl sites for hydroxylation is 1. The molecule has 0 aliphatic carbocycles. The first-order chi connectivity index (χ1) is 9.80. The van der Waals surface area contributed by atoms with E-state index in [1.165, 1.54) is 16.4 Å². The standard InChI is InChI=1S/C14H18FNO4S/c1-10-4-5-12(15)8-13(10)21(19,20)16-6-2-3-11(9-16)7-14(17)18/h4-5,8,11H,2-3,6-7,9H2,1H3,(H,17,18). The van der Waals surface area contributed by atoms with E-state index in [1.54, 1.807) is 6.92 Å². The summed E-state index contributed by atoms with van der Waals surface area (Å²) >= 11 is 0. The van der Waals surface area contributed by atoms with E-state index in [0.29, 0.717) is 24.9 Å². The van der Waals surface area contributed by atoms with E-state index in [-0.39, 0.29) is 23.8 Å². The molecule has 1 aromatic carbocycles. The molecule has 2 rings (SSSR count). The van der Waals surface area contributed by atoms with Crippen LogP contribution in [0.2, 0.25) is 0 Å². The minimum Gasteiger partial charge on any atom is -0.481 e. The number of rotatable bonds is 4. The van der Waals surface area contributed by atoms with Crippen molar-refractivity contribution in [2.24, 2.45) is 5.92 Å². The lowest BCUT2D eigenvalue weighted by molar-refractivity contribution is -0.138. The molecule has 0 saturated carbocycles. The minimum absolute atomic E-state index is 0.0431. The molecule has 1 atom stereocenters. The number of halogens is 1. The first kappa shape index (κ1) is 15.9. The number of hydrogen-bond acceptors (Lipinski definition) is 3. The van der Waals surface area contributed by atoms with Crippen molar-refractivity contribution in [1.82, 2.24) is 4.31 Å². The summed E-state index contributed by atoms with van der Waals surface area (Å²) in [5.74, 6) is -1.72. The molecule has 1 N–H and O–H groups in total. The summed E-state index contributed by atoms with van der Waals surface area (Å²) in [5.41, 5.74) is 0.483. The molecule has 1 heterocycles. The molecule has 1 aromatic rings. The van der Waals surface area contributed by atoms with E-state index in [4.69, 9.17) is 5.11 Å². The quantitative estimate of drug-likeness (QED) is 0.922. The Kier molecular flexibility index (Phi) is 4.63. The van der Waals surface area contributed by atoms with E-state index in [1.807, 2.05) is 0 Å². The molecule has 7 heteroatoms. The molecule has 1 saturated heterocycles. The fourth-order valence-electron chi connectivity index (χ4n) is 2.65. The van der Waals surface area contributed by atoms with Crippen LogP contribution in [-0.2, 0) is 14.8 Å². The molecule has 0 aromatic heterocycles. The van der Waals surface area contributed by atoms with E-state index in [0.717, 1.165) is 6.07 Å². The zero-order valence-electron chi connectivity index (χ0n) is 11.8. The maximum atomic E-state index is 13.3. The van der Waals surface area contributed by atoms with Crippen LogP contribution in [-0.4, -0.2) is 36.9 Å². The second kappa shape index (κ2) is 6.11. The van der Waals surface area contributed by atoms with Gasteiger partial charge in [-0.05, 0) is 43.4 Å². The largest absolute Gasteiger partial charge is 0.481 e. The third kappa shape index (κ3) is 3.59. The highest BCUT2D eigenvalue weighted by Gasteiger charge is 2.32. The molecule has 1 aliphatic heterocycles. The third-order valence-electron chi connectivity index (χ3n) is 3.71. The van der Waals surface area contributed by atoms with Crippen LogP contribution >= 0.6 is 0 Å². The zero-order valence-corrected chi connectivity index (χ0v) is 12.6. The smallest absolute Gasteiger partial charge is 0.303 e. The van der Waals surface area contributed by atoms with Crippen LogP contribution in [0.15, 0.2) is 23.1 Å². The number of piperidine rings is 1. The molecule has 0 radical (unpaired) electrons. The second-order valence-electron chi connectivity index (χ2n) is 5.38. The fraction of sp³-hybridized carbons (Fsp3) is 0.500. The Bertz CT molecular complexity index is 644.